The second kappa shape index (κ2) is 5.12. The van der Waals surface area contributed by atoms with Gasteiger partial charge < -0.3 is 15.3 Å². The fraction of sp³-hybridized carbons (Fsp3) is 0.500. The van der Waals surface area contributed by atoms with Crippen LogP contribution in [-0.4, -0.2) is 39.7 Å². The van der Waals surface area contributed by atoms with Crippen molar-refractivity contribution in [1.29, 1.82) is 0 Å². The van der Waals surface area contributed by atoms with Crippen molar-refractivity contribution in [2.45, 2.75) is 25.3 Å². The number of aliphatic hydroxyl groups excluding tert-OH is 1. The Kier molecular flexibility index (Phi) is 3.73. The SMILES string of the molecule is CC1(CO)CCCN1C(=O)Nc1cncc(Cl)c1. The molecule has 1 aliphatic rings. The molecule has 0 saturated carbocycles. The highest BCUT2D eigenvalue weighted by molar-refractivity contribution is 6.30. The van der Waals surface area contributed by atoms with Gasteiger partial charge in [0.15, 0.2) is 0 Å². The number of halogens is 1. The van der Waals surface area contributed by atoms with Crippen molar-refractivity contribution in [3.63, 3.8) is 0 Å². The number of nitrogens with zero attached hydrogens (tertiary/aromatic N) is 2. The molecular formula is C12H16ClN3O2. The molecular weight excluding hydrogens is 254 g/mol. The minimum Gasteiger partial charge on any atom is -0.394 e. The molecule has 5 nitrogen and oxygen atoms in total. The third-order valence-corrected chi connectivity index (χ3v) is 3.50. The van der Waals surface area contributed by atoms with E-state index >= 15 is 0 Å². The zero-order chi connectivity index (χ0) is 13.2. The number of hydrogen-bond donors (Lipinski definition) is 2. The number of carbonyl (C=O) groups is 1. The normalized spacial score (nSPS) is 23.2. The highest BCUT2D eigenvalue weighted by Gasteiger charge is 2.39. The summed E-state index contributed by atoms with van der Waals surface area (Å²) in [7, 11) is 0. The highest BCUT2D eigenvalue weighted by atomic mass is 35.5. The third kappa shape index (κ3) is 2.57. The lowest BCUT2D eigenvalue weighted by Crippen LogP contribution is -2.49. The highest BCUT2D eigenvalue weighted by Crippen LogP contribution is 2.29. The summed E-state index contributed by atoms with van der Waals surface area (Å²) >= 11 is 5.80. The molecule has 2 N–H and O–H groups in total. The Morgan fingerprint density at radius 1 is 1.67 bits per heavy atom. The van der Waals surface area contributed by atoms with Gasteiger partial charge in [-0.3, -0.25) is 4.98 Å². The van der Waals surface area contributed by atoms with Gasteiger partial charge in [0.1, 0.15) is 0 Å². The van der Waals surface area contributed by atoms with Crippen LogP contribution in [-0.2, 0) is 0 Å². The lowest BCUT2D eigenvalue weighted by atomic mass is 10.0. The molecule has 1 atom stereocenters. The number of rotatable bonds is 2. The molecule has 1 aromatic heterocycles. The van der Waals surface area contributed by atoms with E-state index < -0.39 is 5.54 Å². The van der Waals surface area contributed by atoms with Crippen LogP contribution >= 0.6 is 11.6 Å². The third-order valence-electron chi connectivity index (χ3n) is 3.29. The molecule has 1 aliphatic heterocycles. The first-order chi connectivity index (χ1) is 8.55. The predicted molar refractivity (Wildman–Crippen MR) is 69.7 cm³/mol. The van der Waals surface area contributed by atoms with Gasteiger partial charge in [0.05, 0.1) is 29.1 Å². The molecule has 6 heteroatoms. The largest absolute Gasteiger partial charge is 0.394 e. The van der Waals surface area contributed by atoms with Crippen molar-refractivity contribution in [2.75, 3.05) is 18.5 Å². The Balaban J connectivity index is 2.08. The number of likely N-dealkylation sites (tertiary alicyclic amines) is 1. The molecule has 0 spiro atoms. The molecule has 2 rings (SSSR count). The molecule has 18 heavy (non-hydrogen) atoms. The quantitative estimate of drug-likeness (QED) is 0.864. The van der Waals surface area contributed by atoms with Gasteiger partial charge in [0.2, 0.25) is 0 Å². The van der Waals surface area contributed by atoms with Crippen LogP contribution < -0.4 is 5.32 Å². The summed E-state index contributed by atoms with van der Waals surface area (Å²) in [6.45, 7) is 2.50. The van der Waals surface area contributed by atoms with Crippen LogP contribution in [0, 0.1) is 0 Å². The van der Waals surface area contributed by atoms with E-state index in [1.54, 1.807) is 11.0 Å². The van der Waals surface area contributed by atoms with E-state index in [-0.39, 0.29) is 12.6 Å². The molecule has 1 unspecified atom stereocenters. The van der Waals surface area contributed by atoms with E-state index in [1.807, 2.05) is 6.92 Å². The second-order valence-electron chi connectivity index (χ2n) is 4.73. The second-order valence-corrected chi connectivity index (χ2v) is 5.17. The van der Waals surface area contributed by atoms with E-state index in [4.69, 9.17) is 11.6 Å². The Morgan fingerprint density at radius 2 is 2.44 bits per heavy atom. The van der Waals surface area contributed by atoms with Gasteiger partial charge in [0.25, 0.3) is 0 Å². The standard InChI is InChI=1S/C12H16ClN3O2/c1-12(8-17)3-2-4-16(12)11(18)15-10-5-9(13)6-14-7-10/h5-7,17H,2-4,8H2,1H3,(H,15,18). The number of hydrogen-bond acceptors (Lipinski definition) is 3. The molecule has 0 aromatic carbocycles. The van der Waals surface area contributed by atoms with Gasteiger partial charge in [-0.05, 0) is 25.8 Å². The van der Waals surface area contributed by atoms with Crippen LogP contribution in [0.4, 0.5) is 10.5 Å². The van der Waals surface area contributed by atoms with Crippen LogP contribution in [0.1, 0.15) is 19.8 Å². The van der Waals surface area contributed by atoms with Crippen LogP contribution in [0.2, 0.25) is 5.02 Å². The fourth-order valence-corrected chi connectivity index (χ4v) is 2.38. The maximum Gasteiger partial charge on any atom is 0.322 e. The van der Waals surface area contributed by atoms with E-state index in [2.05, 4.69) is 10.3 Å². The van der Waals surface area contributed by atoms with Crippen molar-refractivity contribution in [3.05, 3.63) is 23.5 Å². The minimum absolute atomic E-state index is 0.0335. The van der Waals surface area contributed by atoms with Crippen LogP contribution in [0.5, 0.6) is 0 Å². The van der Waals surface area contributed by atoms with Gasteiger partial charge in [-0.25, -0.2) is 4.79 Å². The molecule has 1 saturated heterocycles. The van der Waals surface area contributed by atoms with Gasteiger partial charge in [0, 0.05) is 12.7 Å². The topological polar surface area (TPSA) is 65.5 Å². The first kappa shape index (κ1) is 13.1. The number of pyridine rings is 1. The van der Waals surface area contributed by atoms with Crippen molar-refractivity contribution in [3.8, 4) is 0 Å². The smallest absolute Gasteiger partial charge is 0.322 e. The van der Waals surface area contributed by atoms with Crippen molar-refractivity contribution < 1.29 is 9.90 Å². The number of aromatic nitrogens is 1. The maximum absolute atomic E-state index is 12.1. The zero-order valence-corrected chi connectivity index (χ0v) is 10.9. The summed E-state index contributed by atoms with van der Waals surface area (Å²) in [6.07, 6.45) is 4.75. The average molecular weight is 270 g/mol. The Hall–Kier alpha value is -1.33. The molecule has 0 radical (unpaired) electrons. The lowest BCUT2D eigenvalue weighted by molar-refractivity contribution is 0.104. The zero-order valence-electron chi connectivity index (χ0n) is 10.2. The first-order valence-electron chi connectivity index (χ1n) is 5.85. The molecule has 1 fully saturated rings. The van der Waals surface area contributed by atoms with Crippen LogP contribution in [0.15, 0.2) is 18.5 Å². The fourth-order valence-electron chi connectivity index (χ4n) is 2.21. The van der Waals surface area contributed by atoms with Crippen molar-refractivity contribution in [2.24, 2.45) is 0 Å². The van der Waals surface area contributed by atoms with Crippen molar-refractivity contribution >= 4 is 23.3 Å². The number of anilines is 1. The minimum atomic E-state index is -0.476. The first-order valence-corrected chi connectivity index (χ1v) is 6.23. The van der Waals surface area contributed by atoms with Gasteiger partial charge >= 0.3 is 6.03 Å². The van der Waals surface area contributed by atoms with Gasteiger partial charge in [-0.2, -0.15) is 0 Å². The lowest BCUT2D eigenvalue weighted by Gasteiger charge is -2.33. The number of amides is 2. The monoisotopic (exact) mass is 269 g/mol. The molecule has 0 aliphatic carbocycles. The van der Waals surface area contributed by atoms with Crippen molar-refractivity contribution in [1.82, 2.24) is 9.88 Å². The summed E-state index contributed by atoms with van der Waals surface area (Å²) in [5.74, 6) is 0. The summed E-state index contributed by atoms with van der Waals surface area (Å²) < 4.78 is 0. The summed E-state index contributed by atoms with van der Waals surface area (Å²) in [5, 5.41) is 12.6. The van der Waals surface area contributed by atoms with E-state index in [9.17, 15) is 9.90 Å². The summed E-state index contributed by atoms with van der Waals surface area (Å²) in [5.41, 5.74) is 0.0792. The predicted octanol–water partition coefficient (Wildman–Crippen LogP) is 2.11. The number of nitrogens with one attached hydrogen (secondary N) is 1. The van der Waals surface area contributed by atoms with Crippen LogP contribution in [0.25, 0.3) is 0 Å². The number of carbonyl (C=O) groups excluding carboxylic acids is 1. The maximum atomic E-state index is 12.1. The van der Waals surface area contributed by atoms with E-state index in [1.165, 1.54) is 12.4 Å². The summed E-state index contributed by atoms with van der Waals surface area (Å²) in [4.78, 5) is 17.7. The number of urea groups is 1. The Morgan fingerprint density at radius 3 is 3.11 bits per heavy atom. The average Bonchev–Trinajstić information content (AvgIpc) is 2.72. The number of aliphatic hydroxyl groups is 1. The Labute approximate surface area is 111 Å². The molecule has 0 bridgehead atoms. The molecule has 2 heterocycles. The van der Waals surface area contributed by atoms with Gasteiger partial charge in [-0.1, -0.05) is 11.6 Å². The molecule has 1 aromatic rings. The van der Waals surface area contributed by atoms with Crippen LogP contribution in [0.3, 0.4) is 0 Å². The van der Waals surface area contributed by atoms with E-state index in [0.717, 1.165) is 12.8 Å². The molecule has 98 valence electrons. The van der Waals surface area contributed by atoms with E-state index in [0.29, 0.717) is 17.3 Å². The van der Waals surface area contributed by atoms with Gasteiger partial charge in [-0.15, -0.1) is 0 Å². The Bertz CT molecular complexity index is 455. The molecule has 2 amide bonds. The summed E-state index contributed by atoms with van der Waals surface area (Å²) in [6, 6.07) is 1.41.